The molecule has 0 fully saturated rings. The molecule has 30 heavy (non-hydrogen) atoms. The fourth-order valence-corrected chi connectivity index (χ4v) is 3.06. The highest BCUT2D eigenvalue weighted by Crippen LogP contribution is 2.25. The van der Waals surface area contributed by atoms with Crippen molar-refractivity contribution in [1.82, 2.24) is 30.5 Å². The zero-order valence-electron chi connectivity index (χ0n) is 16.6. The summed E-state index contributed by atoms with van der Waals surface area (Å²) in [7, 11) is 0. The second kappa shape index (κ2) is 8.40. The van der Waals surface area contributed by atoms with E-state index in [1.54, 1.807) is 24.7 Å². The van der Waals surface area contributed by atoms with Gasteiger partial charge < -0.3 is 10.3 Å². The summed E-state index contributed by atoms with van der Waals surface area (Å²) in [5.74, 6) is 1.14. The lowest BCUT2D eigenvalue weighted by Gasteiger charge is -2.10. The number of pyridine rings is 2. The van der Waals surface area contributed by atoms with E-state index in [2.05, 4.69) is 43.6 Å². The quantitative estimate of drug-likeness (QED) is 0.254. The van der Waals surface area contributed by atoms with Crippen LogP contribution in [-0.4, -0.2) is 31.0 Å². The summed E-state index contributed by atoms with van der Waals surface area (Å²) in [6, 6.07) is 11.5. The average molecular weight is 395 g/mol. The van der Waals surface area contributed by atoms with Crippen molar-refractivity contribution in [2.75, 3.05) is 0 Å². The van der Waals surface area contributed by atoms with Crippen LogP contribution in [0.15, 0.2) is 91.1 Å². The van der Waals surface area contributed by atoms with Crippen molar-refractivity contribution >= 4 is 11.7 Å². The van der Waals surface area contributed by atoms with E-state index < -0.39 is 0 Å². The van der Waals surface area contributed by atoms with Crippen molar-refractivity contribution in [2.45, 2.75) is 6.92 Å². The first-order chi connectivity index (χ1) is 14.7. The Morgan fingerprint density at radius 1 is 1.13 bits per heavy atom. The van der Waals surface area contributed by atoms with Gasteiger partial charge in [-0.2, -0.15) is 5.10 Å². The number of nitrogens with one attached hydrogen (secondary N) is 3. The zero-order chi connectivity index (χ0) is 20.9. The van der Waals surface area contributed by atoms with E-state index in [0.29, 0.717) is 17.4 Å². The lowest BCUT2D eigenvalue weighted by atomic mass is 10.1. The van der Waals surface area contributed by atoms with Crippen molar-refractivity contribution in [3.8, 4) is 22.5 Å². The minimum Gasteiger partial charge on any atom is -0.358 e. The number of aliphatic imine (C=N–C) groups is 1. The number of aromatic amines is 2. The Bertz CT molecular complexity index is 1200. The maximum atomic E-state index is 4.76. The van der Waals surface area contributed by atoms with Crippen LogP contribution in [0.3, 0.4) is 0 Å². The first-order valence-electron chi connectivity index (χ1n) is 9.38. The lowest BCUT2D eigenvalue weighted by molar-refractivity contribution is 1.09. The standard InChI is InChI=1S/C23H21N7/c1-4-15(2)28-23(22-16(3)18(14-26-22)20-9-12-27-30-20)29-21-13-17(8-11-25-21)19-7-5-6-10-24-19/h4-14,26H,1-2H2,3H3,(H,27,30)(H,25,28,29). The number of aromatic nitrogens is 5. The number of amidine groups is 1. The molecular weight excluding hydrogens is 374 g/mol. The van der Waals surface area contributed by atoms with Gasteiger partial charge in [0.2, 0.25) is 0 Å². The molecule has 0 bridgehead atoms. The predicted molar refractivity (Wildman–Crippen MR) is 119 cm³/mol. The van der Waals surface area contributed by atoms with Crippen LogP contribution >= 0.6 is 0 Å². The van der Waals surface area contributed by atoms with Gasteiger partial charge in [0.15, 0.2) is 11.7 Å². The highest BCUT2D eigenvalue weighted by molar-refractivity contribution is 6.02. The molecule has 0 atom stereocenters. The van der Waals surface area contributed by atoms with Gasteiger partial charge in [0.05, 0.1) is 17.1 Å². The minimum atomic E-state index is 0.551. The predicted octanol–water partition coefficient (Wildman–Crippen LogP) is 4.54. The van der Waals surface area contributed by atoms with Crippen LogP contribution in [0.4, 0.5) is 5.82 Å². The summed E-state index contributed by atoms with van der Waals surface area (Å²) in [4.78, 5) is 16.9. The van der Waals surface area contributed by atoms with Crippen LogP contribution in [0.2, 0.25) is 0 Å². The molecule has 0 aliphatic heterocycles. The number of hydrogen-bond donors (Lipinski definition) is 3. The smallest absolute Gasteiger partial charge is 0.156 e. The van der Waals surface area contributed by atoms with Gasteiger partial charge in [0.25, 0.3) is 0 Å². The van der Waals surface area contributed by atoms with Gasteiger partial charge in [0.1, 0.15) is 0 Å². The summed E-state index contributed by atoms with van der Waals surface area (Å²) in [5.41, 5.74) is 6.21. The minimum absolute atomic E-state index is 0.551. The van der Waals surface area contributed by atoms with Crippen LogP contribution in [0, 0.1) is 6.92 Å². The molecule has 0 aliphatic rings. The summed E-state index contributed by atoms with van der Waals surface area (Å²) in [6.45, 7) is 9.75. The third-order valence-electron chi connectivity index (χ3n) is 4.63. The van der Waals surface area contributed by atoms with E-state index in [1.165, 1.54) is 0 Å². The monoisotopic (exact) mass is 395 g/mol. The molecule has 4 aromatic heterocycles. The molecule has 7 heteroatoms. The summed E-state index contributed by atoms with van der Waals surface area (Å²) < 4.78 is 0. The van der Waals surface area contributed by atoms with Crippen LogP contribution in [0.25, 0.3) is 22.5 Å². The molecule has 0 spiro atoms. The van der Waals surface area contributed by atoms with Crippen molar-refractivity contribution in [2.24, 2.45) is 4.99 Å². The Hall–Kier alpha value is -4.26. The molecule has 0 aliphatic carbocycles. The van der Waals surface area contributed by atoms with Crippen molar-refractivity contribution in [1.29, 1.82) is 0 Å². The molecule has 0 amide bonds. The molecule has 7 nitrogen and oxygen atoms in total. The van der Waals surface area contributed by atoms with Crippen LogP contribution < -0.4 is 5.32 Å². The molecule has 0 saturated heterocycles. The van der Waals surface area contributed by atoms with Crippen LogP contribution in [0.5, 0.6) is 0 Å². The third-order valence-corrected chi connectivity index (χ3v) is 4.63. The van der Waals surface area contributed by atoms with Crippen molar-refractivity contribution in [3.63, 3.8) is 0 Å². The molecular formula is C23H21N7. The lowest BCUT2D eigenvalue weighted by Crippen LogP contribution is -2.23. The number of hydrogen-bond acceptors (Lipinski definition) is 4. The fraction of sp³-hybridized carbons (Fsp3) is 0.0435. The summed E-state index contributed by atoms with van der Waals surface area (Å²) in [5, 5.41) is 10.2. The second-order valence-corrected chi connectivity index (χ2v) is 6.61. The topological polar surface area (TPSA) is 94.6 Å². The van der Waals surface area contributed by atoms with Gasteiger partial charge in [-0.25, -0.2) is 9.98 Å². The van der Waals surface area contributed by atoms with E-state index in [-0.39, 0.29) is 0 Å². The SMILES string of the molecule is C=CC(=C)NC(=Nc1cc(-c2ccccn2)ccn1)c1[nH]cc(-c2ccn[nH]2)c1C. The summed E-state index contributed by atoms with van der Waals surface area (Å²) >= 11 is 0. The Labute approximate surface area is 174 Å². The van der Waals surface area contributed by atoms with Gasteiger partial charge in [0, 0.05) is 41.6 Å². The van der Waals surface area contributed by atoms with E-state index >= 15 is 0 Å². The number of allylic oxidation sites excluding steroid dienone is 1. The number of nitrogens with zero attached hydrogens (tertiary/aromatic N) is 4. The van der Waals surface area contributed by atoms with E-state index in [4.69, 9.17) is 4.99 Å². The maximum absolute atomic E-state index is 4.76. The molecule has 4 rings (SSSR count). The normalized spacial score (nSPS) is 11.3. The van der Waals surface area contributed by atoms with Gasteiger partial charge >= 0.3 is 0 Å². The molecule has 4 aromatic rings. The highest BCUT2D eigenvalue weighted by Gasteiger charge is 2.15. The Morgan fingerprint density at radius 2 is 2.03 bits per heavy atom. The van der Waals surface area contributed by atoms with E-state index in [1.807, 2.05) is 49.5 Å². The highest BCUT2D eigenvalue weighted by atomic mass is 15.1. The molecule has 3 N–H and O–H groups in total. The second-order valence-electron chi connectivity index (χ2n) is 6.61. The number of rotatable bonds is 6. The molecule has 4 heterocycles. The third kappa shape index (κ3) is 3.95. The van der Waals surface area contributed by atoms with E-state index in [9.17, 15) is 0 Å². The van der Waals surface area contributed by atoms with Crippen LogP contribution in [-0.2, 0) is 0 Å². The van der Waals surface area contributed by atoms with Crippen LogP contribution in [0.1, 0.15) is 11.3 Å². The maximum Gasteiger partial charge on any atom is 0.156 e. The molecule has 0 radical (unpaired) electrons. The molecule has 148 valence electrons. The first kappa shape index (κ1) is 19.1. The first-order valence-corrected chi connectivity index (χ1v) is 9.38. The Kier molecular flexibility index (Phi) is 5.34. The molecule has 0 saturated carbocycles. The summed E-state index contributed by atoms with van der Waals surface area (Å²) in [6.07, 6.45) is 8.77. The molecule has 0 unspecified atom stereocenters. The largest absolute Gasteiger partial charge is 0.358 e. The van der Waals surface area contributed by atoms with Gasteiger partial charge in [-0.1, -0.05) is 19.2 Å². The van der Waals surface area contributed by atoms with Gasteiger partial charge in [-0.15, -0.1) is 0 Å². The number of H-pyrrole nitrogens is 2. The fourth-order valence-electron chi connectivity index (χ4n) is 3.06. The Morgan fingerprint density at radius 3 is 2.77 bits per heavy atom. The zero-order valence-corrected chi connectivity index (χ0v) is 16.6. The van der Waals surface area contributed by atoms with Gasteiger partial charge in [-0.3, -0.25) is 10.1 Å². The van der Waals surface area contributed by atoms with Crippen molar-refractivity contribution < 1.29 is 0 Å². The van der Waals surface area contributed by atoms with Crippen molar-refractivity contribution in [3.05, 3.63) is 97.4 Å². The van der Waals surface area contributed by atoms with E-state index in [0.717, 1.165) is 33.8 Å². The Balaban J connectivity index is 1.76. The average Bonchev–Trinajstić information content (AvgIpc) is 3.43. The molecule has 0 aromatic carbocycles. The van der Waals surface area contributed by atoms with Gasteiger partial charge in [-0.05, 0) is 48.9 Å².